The number of amides is 1. The monoisotopic (exact) mass is 354 g/mol. The molecule has 2 rings (SSSR count). The summed E-state index contributed by atoms with van der Waals surface area (Å²) < 4.78 is 0.983. The Kier molecular flexibility index (Phi) is 4.59. The van der Waals surface area contributed by atoms with E-state index in [1.807, 2.05) is 19.1 Å². The second kappa shape index (κ2) is 6.21. The van der Waals surface area contributed by atoms with Crippen LogP contribution in [0.4, 0.5) is 11.5 Å². The van der Waals surface area contributed by atoms with E-state index < -0.39 is 0 Å². The van der Waals surface area contributed by atoms with E-state index in [1.165, 1.54) is 12.1 Å². The van der Waals surface area contributed by atoms with E-state index in [4.69, 9.17) is 17.4 Å². The second-order valence-electron chi connectivity index (χ2n) is 4.13. The maximum Gasteiger partial charge on any atom is 0.255 e. The molecule has 1 aromatic carbocycles. The van der Waals surface area contributed by atoms with Crippen molar-refractivity contribution in [1.29, 1.82) is 0 Å². The molecule has 0 spiro atoms. The summed E-state index contributed by atoms with van der Waals surface area (Å²) in [5, 5.41) is 2.98. The Morgan fingerprint density at radius 1 is 1.35 bits per heavy atom. The third-order valence-corrected chi connectivity index (χ3v) is 3.70. The number of carbonyl (C=O) groups excluding carboxylic acids is 1. The van der Waals surface area contributed by atoms with Gasteiger partial charge >= 0.3 is 0 Å². The van der Waals surface area contributed by atoms with Crippen LogP contribution in [0.2, 0.25) is 5.15 Å². The lowest BCUT2D eigenvalue weighted by Gasteiger charge is -2.08. The summed E-state index contributed by atoms with van der Waals surface area (Å²) in [4.78, 5) is 16.1. The molecule has 0 aliphatic rings. The maximum atomic E-state index is 12.2. The Balaban J connectivity index is 2.23. The Hall–Kier alpha value is -1.63. The molecule has 0 saturated heterocycles. The number of carbonyl (C=O) groups is 1. The number of benzene rings is 1. The van der Waals surface area contributed by atoms with Gasteiger partial charge in [-0.2, -0.15) is 0 Å². The molecule has 0 radical (unpaired) electrons. The topological polar surface area (TPSA) is 80.0 Å². The molecule has 0 bridgehead atoms. The van der Waals surface area contributed by atoms with Crippen molar-refractivity contribution in [3.05, 3.63) is 51.1 Å². The van der Waals surface area contributed by atoms with E-state index >= 15 is 0 Å². The lowest BCUT2D eigenvalue weighted by atomic mass is 10.2. The molecule has 0 aliphatic carbocycles. The number of aryl methyl sites for hydroxylation is 1. The van der Waals surface area contributed by atoms with Gasteiger partial charge in [0.1, 0.15) is 11.0 Å². The van der Waals surface area contributed by atoms with Crippen LogP contribution in [0.15, 0.2) is 34.8 Å². The zero-order valence-corrected chi connectivity index (χ0v) is 12.9. The van der Waals surface area contributed by atoms with Crippen molar-refractivity contribution >= 4 is 44.9 Å². The Morgan fingerprint density at radius 3 is 2.75 bits per heavy atom. The van der Waals surface area contributed by atoms with Crippen LogP contribution in [-0.4, -0.2) is 10.9 Å². The number of aromatic nitrogens is 1. The normalized spacial score (nSPS) is 10.2. The molecule has 1 heterocycles. The zero-order valence-electron chi connectivity index (χ0n) is 10.6. The summed E-state index contributed by atoms with van der Waals surface area (Å²) in [7, 11) is 0. The molecular formula is C13H12BrClN4O. The standard InChI is InChI=1S/C13H12BrClN4O/c1-7-4-9(2-3-10(7)14)17-13(20)8-5-11(15)18-12(6-8)19-16/h2-6H,16H2,1H3,(H,17,20)(H,18,19). The Labute approximate surface area is 129 Å². The smallest absolute Gasteiger partial charge is 0.255 e. The van der Waals surface area contributed by atoms with Crippen LogP contribution in [0.1, 0.15) is 15.9 Å². The molecule has 1 aromatic heterocycles. The average molecular weight is 356 g/mol. The fourth-order valence-electron chi connectivity index (χ4n) is 1.63. The molecule has 0 fully saturated rings. The van der Waals surface area contributed by atoms with E-state index in [0.717, 1.165) is 10.0 Å². The Bertz CT molecular complexity index is 663. The van der Waals surface area contributed by atoms with Crippen molar-refractivity contribution in [2.24, 2.45) is 5.84 Å². The number of hydrogen-bond donors (Lipinski definition) is 3. The molecule has 0 unspecified atom stereocenters. The highest BCUT2D eigenvalue weighted by Gasteiger charge is 2.10. The molecule has 4 N–H and O–H groups in total. The van der Waals surface area contributed by atoms with Gasteiger partial charge in [-0.15, -0.1) is 0 Å². The summed E-state index contributed by atoms with van der Waals surface area (Å²) in [5.74, 6) is 5.31. The van der Waals surface area contributed by atoms with Gasteiger partial charge in [0, 0.05) is 15.7 Å². The molecule has 1 amide bonds. The third-order valence-electron chi connectivity index (χ3n) is 2.62. The van der Waals surface area contributed by atoms with E-state index in [2.05, 4.69) is 31.7 Å². The van der Waals surface area contributed by atoms with Crippen LogP contribution < -0.4 is 16.6 Å². The first kappa shape index (κ1) is 14.8. The van der Waals surface area contributed by atoms with Crippen LogP contribution in [0.25, 0.3) is 0 Å². The van der Waals surface area contributed by atoms with E-state index in [9.17, 15) is 4.79 Å². The fraction of sp³-hybridized carbons (Fsp3) is 0.0769. The number of nitrogens with two attached hydrogens (primary N) is 1. The van der Waals surface area contributed by atoms with Gasteiger partial charge in [-0.25, -0.2) is 10.8 Å². The number of hydrogen-bond acceptors (Lipinski definition) is 4. The molecule has 2 aromatic rings. The number of pyridine rings is 1. The van der Waals surface area contributed by atoms with Gasteiger partial charge in [0.2, 0.25) is 0 Å². The number of halogens is 2. The van der Waals surface area contributed by atoms with Crippen molar-refractivity contribution in [3.63, 3.8) is 0 Å². The largest absolute Gasteiger partial charge is 0.322 e. The predicted octanol–water partition coefficient (Wildman–Crippen LogP) is 3.34. The van der Waals surface area contributed by atoms with Crippen LogP contribution in [0.3, 0.4) is 0 Å². The number of nitrogen functional groups attached to an aromatic ring is 1. The summed E-state index contributed by atoms with van der Waals surface area (Å²) in [6, 6.07) is 8.54. The SMILES string of the molecule is Cc1cc(NC(=O)c2cc(Cl)nc(NN)c2)ccc1Br. The van der Waals surface area contributed by atoms with Gasteiger partial charge in [-0.3, -0.25) is 4.79 Å². The summed E-state index contributed by atoms with van der Waals surface area (Å²) in [5.41, 5.74) is 4.46. The number of anilines is 2. The van der Waals surface area contributed by atoms with Crippen LogP contribution in [-0.2, 0) is 0 Å². The molecule has 5 nitrogen and oxygen atoms in total. The molecule has 0 aliphatic heterocycles. The van der Waals surface area contributed by atoms with Gasteiger partial charge in [0.05, 0.1) is 0 Å². The number of hydrazine groups is 1. The highest BCUT2D eigenvalue weighted by Crippen LogP contribution is 2.21. The zero-order chi connectivity index (χ0) is 14.7. The van der Waals surface area contributed by atoms with Crippen LogP contribution in [0, 0.1) is 6.92 Å². The summed E-state index contributed by atoms with van der Waals surface area (Å²) in [6.07, 6.45) is 0. The van der Waals surface area contributed by atoms with Crippen molar-refractivity contribution in [1.82, 2.24) is 4.98 Å². The number of nitrogens with one attached hydrogen (secondary N) is 2. The first-order valence-electron chi connectivity index (χ1n) is 5.71. The van der Waals surface area contributed by atoms with Gasteiger partial charge in [-0.1, -0.05) is 27.5 Å². The lowest BCUT2D eigenvalue weighted by Crippen LogP contribution is -2.14. The highest BCUT2D eigenvalue weighted by atomic mass is 79.9. The molecule has 0 saturated carbocycles. The highest BCUT2D eigenvalue weighted by molar-refractivity contribution is 9.10. The molecule has 20 heavy (non-hydrogen) atoms. The molecule has 7 heteroatoms. The quantitative estimate of drug-likeness (QED) is 0.448. The molecule has 104 valence electrons. The van der Waals surface area contributed by atoms with Crippen molar-refractivity contribution < 1.29 is 4.79 Å². The second-order valence-corrected chi connectivity index (χ2v) is 5.37. The van der Waals surface area contributed by atoms with Crippen molar-refractivity contribution in [2.75, 3.05) is 10.7 Å². The third kappa shape index (κ3) is 3.47. The predicted molar refractivity (Wildman–Crippen MR) is 83.9 cm³/mol. The number of rotatable bonds is 3. The fourth-order valence-corrected chi connectivity index (χ4v) is 2.08. The minimum atomic E-state index is -0.285. The van der Waals surface area contributed by atoms with Gasteiger partial charge in [0.15, 0.2) is 0 Å². The van der Waals surface area contributed by atoms with Crippen molar-refractivity contribution in [2.45, 2.75) is 6.92 Å². The van der Waals surface area contributed by atoms with Crippen molar-refractivity contribution in [3.8, 4) is 0 Å². The summed E-state index contributed by atoms with van der Waals surface area (Å²) >= 11 is 9.24. The number of nitrogens with zero attached hydrogens (tertiary/aromatic N) is 1. The molecule has 0 atom stereocenters. The van der Waals surface area contributed by atoms with Crippen LogP contribution in [0.5, 0.6) is 0 Å². The van der Waals surface area contributed by atoms with E-state index in [0.29, 0.717) is 17.1 Å². The van der Waals surface area contributed by atoms with Crippen LogP contribution >= 0.6 is 27.5 Å². The van der Waals surface area contributed by atoms with Gasteiger partial charge in [-0.05, 0) is 42.8 Å². The average Bonchev–Trinajstić information content (AvgIpc) is 2.42. The Morgan fingerprint density at radius 2 is 2.10 bits per heavy atom. The van der Waals surface area contributed by atoms with E-state index in [1.54, 1.807) is 6.07 Å². The van der Waals surface area contributed by atoms with Gasteiger partial charge < -0.3 is 10.7 Å². The summed E-state index contributed by atoms with van der Waals surface area (Å²) in [6.45, 7) is 1.94. The lowest BCUT2D eigenvalue weighted by molar-refractivity contribution is 0.102. The minimum Gasteiger partial charge on any atom is -0.322 e. The molecular weight excluding hydrogens is 344 g/mol. The van der Waals surface area contributed by atoms with Gasteiger partial charge in [0.25, 0.3) is 5.91 Å². The first-order valence-corrected chi connectivity index (χ1v) is 6.88. The minimum absolute atomic E-state index is 0.192. The first-order chi connectivity index (χ1) is 9.49. The maximum absolute atomic E-state index is 12.2. The van der Waals surface area contributed by atoms with E-state index in [-0.39, 0.29) is 11.1 Å².